The van der Waals surface area contributed by atoms with Gasteiger partial charge in [0.1, 0.15) is 0 Å². The number of hydrogen-bond donors (Lipinski definition) is 0. The number of nitrogens with zero attached hydrogens (tertiary/aromatic N) is 2. The van der Waals surface area contributed by atoms with E-state index in [1.807, 2.05) is 11.3 Å². The Bertz CT molecular complexity index is 2880. The molecule has 236 valence electrons. The Labute approximate surface area is 302 Å². The fourth-order valence-electron chi connectivity index (χ4n) is 7.50. The summed E-state index contributed by atoms with van der Waals surface area (Å²) in [5.41, 5.74) is 9.25. The van der Waals surface area contributed by atoms with Gasteiger partial charge in [0.15, 0.2) is 0 Å². The van der Waals surface area contributed by atoms with Crippen molar-refractivity contribution < 1.29 is 0 Å². The third kappa shape index (κ3) is 4.75. The summed E-state index contributed by atoms with van der Waals surface area (Å²) in [6.07, 6.45) is 0. The molecule has 0 radical (unpaired) electrons. The molecule has 0 amide bonds. The van der Waals surface area contributed by atoms with E-state index in [1.165, 1.54) is 63.9 Å². The van der Waals surface area contributed by atoms with Crippen molar-refractivity contribution in [1.82, 2.24) is 4.57 Å². The molecule has 50 heavy (non-hydrogen) atoms. The molecule has 2 heterocycles. The van der Waals surface area contributed by atoms with Gasteiger partial charge in [-0.05, 0) is 94.7 Å². The van der Waals surface area contributed by atoms with E-state index in [9.17, 15) is 0 Å². The van der Waals surface area contributed by atoms with Crippen LogP contribution in [0.3, 0.4) is 0 Å². The predicted molar refractivity (Wildman–Crippen MR) is 219 cm³/mol. The van der Waals surface area contributed by atoms with Crippen molar-refractivity contribution in [3.63, 3.8) is 0 Å². The number of hydrogen-bond acceptors (Lipinski definition) is 2. The SMILES string of the molecule is Brc1cccc(-c2ccc(N(c3ccc4ccccc4c3)c3ccc4c5c6sc7ccccc7c6ccc5n(-c5ccccc5)c4c3)cc2)c1. The molecule has 0 unspecified atom stereocenters. The van der Waals surface area contributed by atoms with Crippen LogP contribution in [-0.4, -0.2) is 4.57 Å². The summed E-state index contributed by atoms with van der Waals surface area (Å²) in [7, 11) is 0. The van der Waals surface area contributed by atoms with E-state index in [0.717, 1.165) is 27.2 Å². The van der Waals surface area contributed by atoms with Crippen molar-refractivity contribution in [2.75, 3.05) is 4.90 Å². The highest BCUT2D eigenvalue weighted by Gasteiger charge is 2.20. The quantitative estimate of drug-likeness (QED) is 0.172. The highest BCUT2D eigenvalue weighted by atomic mass is 79.9. The molecule has 10 aromatic rings. The second kappa shape index (κ2) is 11.7. The summed E-state index contributed by atoms with van der Waals surface area (Å²) in [6, 6.07) is 63.9. The third-order valence-corrected chi connectivity index (χ3v) is 11.5. The second-order valence-corrected chi connectivity index (χ2v) is 14.7. The maximum absolute atomic E-state index is 3.65. The van der Waals surface area contributed by atoms with E-state index >= 15 is 0 Å². The molecule has 0 atom stereocenters. The maximum Gasteiger partial charge on any atom is 0.0562 e. The minimum Gasteiger partial charge on any atom is -0.310 e. The van der Waals surface area contributed by atoms with Crippen LogP contribution in [0.25, 0.3) is 69.6 Å². The molecule has 0 aliphatic heterocycles. The Morgan fingerprint density at radius 3 is 2.04 bits per heavy atom. The van der Waals surface area contributed by atoms with Crippen LogP contribution < -0.4 is 4.90 Å². The number of halogens is 1. The fourth-order valence-corrected chi connectivity index (χ4v) is 9.16. The first-order valence-electron chi connectivity index (χ1n) is 16.8. The van der Waals surface area contributed by atoms with E-state index < -0.39 is 0 Å². The summed E-state index contributed by atoms with van der Waals surface area (Å²) in [4.78, 5) is 2.39. The van der Waals surface area contributed by atoms with Crippen LogP contribution in [0.2, 0.25) is 0 Å². The predicted octanol–water partition coefficient (Wildman–Crippen LogP) is 14.2. The van der Waals surface area contributed by atoms with Gasteiger partial charge in [-0.15, -0.1) is 11.3 Å². The molecule has 4 heteroatoms. The van der Waals surface area contributed by atoms with Crippen molar-refractivity contribution in [2.24, 2.45) is 0 Å². The normalized spacial score (nSPS) is 11.7. The lowest BCUT2D eigenvalue weighted by atomic mass is 10.0. The van der Waals surface area contributed by atoms with Gasteiger partial charge in [0, 0.05) is 58.2 Å². The second-order valence-electron chi connectivity index (χ2n) is 12.7. The number of anilines is 3. The largest absolute Gasteiger partial charge is 0.310 e. The van der Waals surface area contributed by atoms with Crippen LogP contribution >= 0.6 is 27.3 Å². The molecule has 0 saturated heterocycles. The molecule has 0 N–H and O–H groups in total. The zero-order valence-electron chi connectivity index (χ0n) is 26.9. The molecule has 0 aliphatic carbocycles. The van der Waals surface area contributed by atoms with Gasteiger partial charge in [-0.3, -0.25) is 0 Å². The van der Waals surface area contributed by atoms with Crippen LogP contribution in [0.15, 0.2) is 180 Å². The highest BCUT2D eigenvalue weighted by Crippen LogP contribution is 2.45. The summed E-state index contributed by atoms with van der Waals surface area (Å²) in [5, 5.41) is 7.65. The lowest BCUT2D eigenvalue weighted by Crippen LogP contribution is -2.10. The van der Waals surface area contributed by atoms with Crippen molar-refractivity contribution in [1.29, 1.82) is 0 Å². The van der Waals surface area contributed by atoms with Crippen LogP contribution in [0, 0.1) is 0 Å². The number of aromatic nitrogens is 1. The van der Waals surface area contributed by atoms with Crippen LogP contribution in [0.4, 0.5) is 17.1 Å². The maximum atomic E-state index is 3.65. The lowest BCUT2D eigenvalue weighted by molar-refractivity contribution is 1.18. The Morgan fingerprint density at radius 1 is 0.460 bits per heavy atom. The van der Waals surface area contributed by atoms with Gasteiger partial charge in [-0.25, -0.2) is 0 Å². The van der Waals surface area contributed by atoms with Gasteiger partial charge in [0.25, 0.3) is 0 Å². The summed E-state index contributed by atoms with van der Waals surface area (Å²) >= 11 is 5.54. The molecule has 0 fully saturated rings. The first-order chi connectivity index (χ1) is 24.7. The summed E-state index contributed by atoms with van der Waals surface area (Å²) < 4.78 is 6.17. The monoisotopic (exact) mass is 720 g/mol. The van der Waals surface area contributed by atoms with Gasteiger partial charge in [0.05, 0.1) is 11.0 Å². The first kappa shape index (κ1) is 29.3. The average molecular weight is 722 g/mol. The van der Waals surface area contributed by atoms with E-state index in [-0.39, 0.29) is 0 Å². The molecular formula is C46H29BrN2S. The zero-order valence-corrected chi connectivity index (χ0v) is 29.3. The van der Waals surface area contributed by atoms with Gasteiger partial charge in [-0.2, -0.15) is 0 Å². The van der Waals surface area contributed by atoms with Gasteiger partial charge in [0.2, 0.25) is 0 Å². The minimum absolute atomic E-state index is 1.08. The van der Waals surface area contributed by atoms with Crippen molar-refractivity contribution in [3.05, 3.63) is 180 Å². The molecule has 0 aliphatic rings. The summed E-state index contributed by atoms with van der Waals surface area (Å²) in [5.74, 6) is 0. The van der Waals surface area contributed by atoms with Crippen molar-refractivity contribution >= 4 is 97.1 Å². The van der Waals surface area contributed by atoms with Crippen LogP contribution in [0.5, 0.6) is 0 Å². The fraction of sp³-hybridized carbons (Fsp3) is 0. The molecule has 0 spiro atoms. The molecule has 2 aromatic heterocycles. The Hall–Kier alpha value is -5.68. The Morgan fingerprint density at radius 2 is 1.18 bits per heavy atom. The minimum atomic E-state index is 1.08. The van der Waals surface area contributed by atoms with Crippen molar-refractivity contribution in [2.45, 2.75) is 0 Å². The molecule has 0 saturated carbocycles. The highest BCUT2D eigenvalue weighted by molar-refractivity contribution is 9.10. The van der Waals surface area contributed by atoms with Gasteiger partial charge < -0.3 is 9.47 Å². The Balaban J connectivity index is 1.23. The van der Waals surface area contributed by atoms with Gasteiger partial charge in [-0.1, -0.05) is 119 Å². The topological polar surface area (TPSA) is 8.17 Å². The van der Waals surface area contributed by atoms with E-state index in [4.69, 9.17) is 0 Å². The van der Waals surface area contributed by atoms with Crippen molar-refractivity contribution in [3.8, 4) is 16.8 Å². The van der Waals surface area contributed by atoms with E-state index in [2.05, 4.69) is 201 Å². The number of rotatable bonds is 5. The third-order valence-electron chi connectivity index (χ3n) is 9.80. The zero-order chi connectivity index (χ0) is 33.2. The number of benzene rings is 8. The summed E-state index contributed by atoms with van der Waals surface area (Å²) in [6.45, 7) is 0. The van der Waals surface area contributed by atoms with E-state index in [0.29, 0.717) is 0 Å². The standard InChI is InChI=1S/C46H29BrN2S/c47-34-12-8-11-32(27-34)31-17-20-36(21-18-31)48(37-22-19-30-9-4-5-10-33(30)28-37)38-23-24-41-43(29-38)49(35-13-2-1-3-14-35)42-26-25-40-39-15-6-7-16-44(39)50-46(40)45(41)42/h1-29H. The smallest absolute Gasteiger partial charge is 0.0562 e. The Kier molecular flexibility index (Phi) is 6.86. The van der Waals surface area contributed by atoms with Crippen LogP contribution in [-0.2, 0) is 0 Å². The number of thiophene rings is 1. The average Bonchev–Trinajstić information content (AvgIpc) is 3.71. The molecular weight excluding hydrogens is 692 g/mol. The number of fused-ring (bicyclic) bond motifs is 8. The number of para-hydroxylation sites is 1. The van der Waals surface area contributed by atoms with Gasteiger partial charge >= 0.3 is 0 Å². The lowest BCUT2D eigenvalue weighted by Gasteiger charge is -2.26. The first-order valence-corrected chi connectivity index (χ1v) is 18.4. The van der Waals surface area contributed by atoms with E-state index in [1.54, 1.807) is 0 Å². The molecule has 0 bridgehead atoms. The molecule has 10 rings (SSSR count). The van der Waals surface area contributed by atoms with Crippen LogP contribution in [0.1, 0.15) is 0 Å². The molecule has 8 aromatic carbocycles. The molecule has 2 nitrogen and oxygen atoms in total.